The lowest BCUT2D eigenvalue weighted by atomic mass is 10.1. The Bertz CT molecular complexity index is 1200. The van der Waals surface area contributed by atoms with E-state index in [2.05, 4.69) is 15.2 Å². The number of amides is 1. The van der Waals surface area contributed by atoms with Gasteiger partial charge in [-0.2, -0.15) is 0 Å². The van der Waals surface area contributed by atoms with E-state index in [4.69, 9.17) is 9.47 Å². The molecule has 0 saturated carbocycles. The van der Waals surface area contributed by atoms with Crippen LogP contribution in [0.25, 0.3) is 10.9 Å². The van der Waals surface area contributed by atoms with Crippen LogP contribution in [0.15, 0.2) is 54.7 Å². The summed E-state index contributed by atoms with van der Waals surface area (Å²) in [6, 6.07) is 15.7. The van der Waals surface area contributed by atoms with Crippen LogP contribution in [-0.4, -0.2) is 60.3 Å². The number of para-hydroxylation sites is 1. The van der Waals surface area contributed by atoms with Crippen LogP contribution in [0.4, 0.5) is 21.9 Å². The lowest BCUT2D eigenvalue weighted by Crippen LogP contribution is -2.50. The van der Waals surface area contributed by atoms with E-state index >= 15 is 0 Å². The van der Waals surface area contributed by atoms with Gasteiger partial charge in [-0.25, -0.2) is 9.59 Å². The van der Waals surface area contributed by atoms with Gasteiger partial charge in [0, 0.05) is 49.1 Å². The van der Waals surface area contributed by atoms with Crippen molar-refractivity contribution in [2.45, 2.75) is 47.1 Å². The molecule has 1 aliphatic rings. The number of nitrogens with one attached hydrogen (secondary N) is 1. The molecule has 0 bridgehead atoms. The van der Waals surface area contributed by atoms with Crippen LogP contribution in [0, 0.1) is 0 Å². The number of carbonyl (C=O) groups is 2. The second-order valence-electron chi connectivity index (χ2n) is 9.41. The van der Waals surface area contributed by atoms with Gasteiger partial charge >= 0.3 is 12.1 Å². The number of aromatic nitrogens is 1. The van der Waals surface area contributed by atoms with Crippen LogP contribution in [0.3, 0.4) is 0 Å². The van der Waals surface area contributed by atoms with E-state index in [9.17, 15) is 9.59 Å². The summed E-state index contributed by atoms with van der Waals surface area (Å²) in [6.45, 7) is 14.3. The molecule has 0 atom stereocenters. The third kappa shape index (κ3) is 7.12. The van der Waals surface area contributed by atoms with Crippen molar-refractivity contribution >= 4 is 40.0 Å². The molecule has 0 aliphatic carbocycles. The van der Waals surface area contributed by atoms with Crippen molar-refractivity contribution in [3.63, 3.8) is 0 Å². The summed E-state index contributed by atoms with van der Waals surface area (Å²) < 4.78 is 10.8. The Balaban J connectivity index is 0.00000186. The first-order chi connectivity index (χ1) is 17.7. The molecule has 0 unspecified atom stereocenters. The molecule has 198 valence electrons. The maximum absolute atomic E-state index is 12.6. The van der Waals surface area contributed by atoms with E-state index in [1.807, 2.05) is 83.1 Å². The van der Waals surface area contributed by atoms with Crippen molar-refractivity contribution in [2.24, 2.45) is 0 Å². The normalized spacial score (nSPS) is 13.5. The highest BCUT2D eigenvalue weighted by molar-refractivity contribution is 6.06. The summed E-state index contributed by atoms with van der Waals surface area (Å²) >= 11 is 0. The Morgan fingerprint density at radius 3 is 2.30 bits per heavy atom. The first-order valence-corrected chi connectivity index (χ1v) is 12.9. The fourth-order valence-corrected chi connectivity index (χ4v) is 4.02. The Hall–Kier alpha value is -3.81. The first-order valence-electron chi connectivity index (χ1n) is 12.9. The zero-order chi connectivity index (χ0) is 27.0. The van der Waals surface area contributed by atoms with Gasteiger partial charge in [0.2, 0.25) is 0 Å². The molecular formula is C29H38N4O4. The Morgan fingerprint density at radius 1 is 1.00 bits per heavy atom. The number of fused-ring (bicyclic) bond motifs is 1. The van der Waals surface area contributed by atoms with E-state index in [1.54, 1.807) is 18.0 Å². The minimum atomic E-state index is -0.508. The van der Waals surface area contributed by atoms with Crippen molar-refractivity contribution in [2.75, 3.05) is 43.0 Å². The number of hydrogen-bond donors (Lipinski definition) is 1. The van der Waals surface area contributed by atoms with Gasteiger partial charge in [0.05, 0.1) is 17.8 Å². The Labute approximate surface area is 219 Å². The summed E-state index contributed by atoms with van der Waals surface area (Å²) in [4.78, 5) is 33.6. The quantitative estimate of drug-likeness (QED) is 0.410. The molecule has 1 saturated heterocycles. The van der Waals surface area contributed by atoms with E-state index in [1.165, 1.54) is 0 Å². The predicted octanol–water partition coefficient (Wildman–Crippen LogP) is 6.24. The second-order valence-corrected chi connectivity index (χ2v) is 9.41. The SMILES string of the molecule is CC.CCOC(=O)c1cnc2cc(N3CCN(C(=O)OC(C)(C)C)CC3)ccc2c1Nc1ccccc1. The molecule has 3 aromatic rings. The largest absolute Gasteiger partial charge is 0.462 e. The van der Waals surface area contributed by atoms with Crippen molar-refractivity contribution in [3.8, 4) is 0 Å². The van der Waals surface area contributed by atoms with Gasteiger partial charge in [-0.05, 0) is 58.0 Å². The highest BCUT2D eigenvalue weighted by Crippen LogP contribution is 2.32. The maximum Gasteiger partial charge on any atom is 0.410 e. The molecule has 0 spiro atoms. The lowest BCUT2D eigenvalue weighted by molar-refractivity contribution is 0.0240. The zero-order valence-corrected chi connectivity index (χ0v) is 22.7. The van der Waals surface area contributed by atoms with Crippen LogP contribution in [0.5, 0.6) is 0 Å². The third-order valence-electron chi connectivity index (χ3n) is 5.69. The van der Waals surface area contributed by atoms with E-state index in [0.29, 0.717) is 37.4 Å². The highest BCUT2D eigenvalue weighted by Gasteiger charge is 2.26. The number of esters is 1. The molecule has 37 heavy (non-hydrogen) atoms. The van der Waals surface area contributed by atoms with Gasteiger partial charge in [-0.1, -0.05) is 32.0 Å². The molecule has 2 heterocycles. The van der Waals surface area contributed by atoms with Gasteiger partial charge in [0.15, 0.2) is 0 Å². The zero-order valence-electron chi connectivity index (χ0n) is 22.7. The van der Waals surface area contributed by atoms with E-state index < -0.39 is 11.6 Å². The summed E-state index contributed by atoms with van der Waals surface area (Å²) in [5.74, 6) is -0.414. The van der Waals surface area contributed by atoms with Gasteiger partial charge in [-0.15, -0.1) is 0 Å². The Kier molecular flexibility index (Phi) is 9.33. The van der Waals surface area contributed by atoms with Crippen LogP contribution in [0.1, 0.15) is 51.9 Å². The van der Waals surface area contributed by atoms with Crippen LogP contribution in [0.2, 0.25) is 0 Å². The minimum Gasteiger partial charge on any atom is -0.462 e. The predicted molar refractivity (Wildman–Crippen MR) is 149 cm³/mol. The maximum atomic E-state index is 12.6. The summed E-state index contributed by atoms with van der Waals surface area (Å²) in [7, 11) is 0. The molecule has 0 radical (unpaired) electrons. The lowest BCUT2D eigenvalue weighted by Gasteiger charge is -2.36. The van der Waals surface area contributed by atoms with Crippen LogP contribution < -0.4 is 10.2 Å². The van der Waals surface area contributed by atoms with Crippen molar-refractivity contribution in [3.05, 3.63) is 60.3 Å². The van der Waals surface area contributed by atoms with E-state index in [-0.39, 0.29) is 12.7 Å². The monoisotopic (exact) mass is 506 g/mol. The molecule has 1 aliphatic heterocycles. The number of piperazine rings is 1. The average molecular weight is 507 g/mol. The van der Waals surface area contributed by atoms with Gasteiger partial charge in [0.1, 0.15) is 11.2 Å². The molecule has 1 fully saturated rings. The number of ether oxygens (including phenoxy) is 2. The topological polar surface area (TPSA) is 84.0 Å². The average Bonchev–Trinajstić information content (AvgIpc) is 2.89. The smallest absolute Gasteiger partial charge is 0.410 e. The summed E-state index contributed by atoms with van der Waals surface area (Å²) in [5.41, 5.74) is 3.20. The van der Waals surface area contributed by atoms with E-state index in [0.717, 1.165) is 22.3 Å². The Morgan fingerprint density at radius 2 is 1.68 bits per heavy atom. The third-order valence-corrected chi connectivity index (χ3v) is 5.69. The molecule has 2 aromatic carbocycles. The number of benzene rings is 2. The fraction of sp³-hybridized carbons (Fsp3) is 0.414. The first kappa shape index (κ1) is 27.8. The molecule has 1 amide bonds. The molecule has 1 aromatic heterocycles. The molecule has 4 rings (SSSR count). The number of nitrogens with zero attached hydrogens (tertiary/aromatic N) is 3. The highest BCUT2D eigenvalue weighted by atomic mass is 16.6. The van der Waals surface area contributed by atoms with Crippen molar-refractivity contribution < 1.29 is 19.1 Å². The number of rotatable bonds is 5. The molecule has 1 N–H and O–H groups in total. The van der Waals surface area contributed by atoms with Crippen LogP contribution in [-0.2, 0) is 9.47 Å². The fourth-order valence-electron chi connectivity index (χ4n) is 4.02. The van der Waals surface area contributed by atoms with Gasteiger partial charge in [-0.3, -0.25) is 4.98 Å². The number of pyridine rings is 1. The molecule has 8 nitrogen and oxygen atoms in total. The summed E-state index contributed by atoms with van der Waals surface area (Å²) in [6.07, 6.45) is 1.29. The number of anilines is 3. The molecule has 8 heteroatoms. The summed E-state index contributed by atoms with van der Waals surface area (Å²) in [5, 5.41) is 4.21. The van der Waals surface area contributed by atoms with Crippen LogP contribution >= 0.6 is 0 Å². The van der Waals surface area contributed by atoms with Crippen molar-refractivity contribution in [1.82, 2.24) is 9.88 Å². The second kappa shape index (κ2) is 12.4. The number of carbonyl (C=O) groups excluding carboxylic acids is 2. The molecular weight excluding hydrogens is 468 g/mol. The van der Waals surface area contributed by atoms with Gasteiger partial charge in [0.25, 0.3) is 0 Å². The van der Waals surface area contributed by atoms with Crippen molar-refractivity contribution in [1.29, 1.82) is 0 Å². The minimum absolute atomic E-state index is 0.277. The number of hydrogen-bond acceptors (Lipinski definition) is 7. The standard InChI is InChI=1S/C27H32N4O4.C2H6/c1-5-34-25(32)22-18-28-23-17-20(11-12-21(23)24(22)29-19-9-7-6-8-10-19)30-13-15-31(16-14-30)26(33)35-27(2,3)4;1-2/h6-12,17-18H,5,13-16H2,1-4H3,(H,28,29);1-2H3. The van der Waals surface area contributed by atoms with Gasteiger partial charge < -0.3 is 24.6 Å².